The van der Waals surface area contributed by atoms with Gasteiger partial charge in [-0.3, -0.25) is 4.84 Å². The van der Waals surface area contributed by atoms with Gasteiger partial charge in [-0.2, -0.15) is 0 Å². The summed E-state index contributed by atoms with van der Waals surface area (Å²) in [7, 11) is 5.63. The highest BCUT2D eigenvalue weighted by Gasteiger charge is 2.23. The maximum absolute atomic E-state index is 12.1. The molecule has 0 saturated heterocycles. The van der Waals surface area contributed by atoms with Crippen molar-refractivity contribution >= 4 is 5.97 Å². The number of hydroxylamine groups is 3. The standard InChI is InChI=1S/C20H42NO2/c1-9-17(4)11-10-12-18(5)13-14-19(16(2)3)15-20(22)23-21(6,7)8/h16-19H,9-15H2,1-8H3/q+1. The lowest BCUT2D eigenvalue weighted by molar-refractivity contribution is -1.04. The molecule has 0 fully saturated rings. The third kappa shape index (κ3) is 12.5. The summed E-state index contributed by atoms with van der Waals surface area (Å²) >= 11 is 0. The van der Waals surface area contributed by atoms with Crippen molar-refractivity contribution in [2.24, 2.45) is 23.7 Å². The van der Waals surface area contributed by atoms with Crippen LogP contribution in [-0.4, -0.2) is 31.8 Å². The third-order valence-electron chi connectivity index (χ3n) is 4.87. The van der Waals surface area contributed by atoms with Gasteiger partial charge in [0.25, 0.3) is 0 Å². The fraction of sp³-hybridized carbons (Fsp3) is 0.950. The number of carbonyl (C=O) groups is 1. The van der Waals surface area contributed by atoms with Crippen molar-refractivity contribution in [2.75, 3.05) is 21.1 Å². The molecule has 3 heteroatoms. The number of quaternary nitrogens is 1. The fourth-order valence-electron chi connectivity index (χ4n) is 2.89. The summed E-state index contributed by atoms with van der Waals surface area (Å²) in [4.78, 5) is 17.5. The molecule has 0 spiro atoms. The van der Waals surface area contributed by atoms with Gasteiger partial charge in [0.2, 0.25) is 0 Å². The van der Waals surface area contributed by atoms with Crippen LogP contribution in [0.3, 0.4) is 0 Å². The molecule has 3 nitrogen and oxygen atoms in total. The maximum Gasteiger partial charge on any atom is 0.366 e. The number of hydrogen-bond acceptors (Lipinski definition) is 2. The second kappa shape index (κ2) is 11.1. The molecule has 0 amide bonds. The maximum atomic E-state index is 12.1. The molecule has 0 saturated carbocycles. The Morgan fingerprint density at radius 2 is 1.48 bits per heavy atom. The van der Waals surface area contributed by atoms with E-state index >= 15 is 0 Å². The van der Waals surface area contributed by atoms with Gasteiger partial charge >= 0.3 is 5.97 Å². The van der Waals surface area contributed by atoms with Crippen LogP contribution in [0.1, 0.15) is 79.6 Å². The average Bonchev–Trinajstić information content (AvgIpc) is 2.40. The predicted molar refractivity (Wildman–Crippen MR) is 98.8 cm³/mol. The summed E-state index contributed by atoms with van der Waals surface area (Å²) in [5.74, 6) is 2.51. The average molecular weight is 329 g/mol. The van der Waals surface area contributed by atoms with Gasteiger partial charge in [0.15, 0.2) is 0 Å². The molecule has 3 unspecified atom stereocenters. The van der Waals surface area contributed by atoms with Crippen molar-refractivity contribution in [3.63, 3.8) is 0 Å². The molecule has 0 aromatic rings. The van der Waals surface area contributed by atoms with E-state index < -0.39 is 0 Å². The summed E-state index contributed by atoms with van der Waals surface area (Å²) in [5.41, 5.74) is 0. The Hall–Kier alpha value is -0.570. The second-order valence-electron chi connectivity index (χ2n) is 8.69. The van der Waals surface area contributed by atoms with E-state index in [1.54, 1.807) is 0 Å². The Morgan fingerprint density at radius 3 is 1.96 bits per heavy atom. The lowest BCUT2D eigenvalue weighted by Crippen LogP contribution is -2.37. The molecule has 0 aromatic heterocycles. The smallest absolute Gasteiger partial charge is 0.277 e. The lowest BCUT2D eigenvalue weighted by atomic mass is 9.84. The van der Waals surface area contributed by atoms with Crippen LogP contribution >= 0.6 is 0 Å². The van der Waals surface area contributed by atoms with Gasteiger partial charge in [0.1, 0.15) is 21.1 Å². The Kier molecular flexibility index (Phi) is 10.8. The van der Waals surface area contributed by atoms with Crippen LogP contribution in [0.2, 0.25) is 0 Å². The van der Waals surface area contributed by atoms with Crippen LogP contribution in [-0.2, 0) is 9.63 Å². The molecule has 138 valence electrons. The van der Waals surface area contributed by atoms with Crippen molar-refractivity contribution in [3.8, 4) is 0 Å². The number of carbonyl (C=O) groups excluding carboxylic acids is 1. The van der Waals surface area contributed by atoms with Crippen LogP contribution in [0.4, 0.5) is 0 Å². The van der Waals surface area contributed by atoms with E-state index in [1.165, 1.54) is 32.1 Å². The molecule has 0 rings (SSSR count). The summed E-state index contributed by atoms with van der Waals surface area (Å²) in [6, 6.07) is 0. The summed E-state index contributed by atoms with van der Waals surface area (Å²) in [5, 5.41) is 0. The van der Waals surface area contributed by atoms with Crippen LogP contribution in [0, 0.1) is 23.7 Å². The summed E-state index contributed by atoms with van der Waals surface area (Å²) in [6.07, 6.45) is 8.20. The van der Waals surface area contributed by atoms with Crippen molar-refractivity contribution in [1.29, 1.82) is 0 Å². The van der Waals surface area contributed by atoms with Crippen molar-refractivity contribution in [1.82, 2.24) is 0 Å². The molecule has 0 radical (unpaired) electrons. The van der Waals surface area contributed by atoms with Gasteiger partial charge in [-0.1, -0.05) is 66.7 Å². The van der Waals surface area contributed by atoms with E-state index in [0.29, 0.717) is 18.3 Å². The molecule has 0 aromatic carbocycles. The van der Waals surface area contributed by atoms with Crippen molar-refractivity contribution in [2.45, 2.75) is 79.6 Å². The SMILES string of the molecule is CCC(C)CCCC(C)CCC(CC(=O)O[N+](C)(C)C)C(C)C. The first kappa shape index (κ1) is 22.4. The molecular formula is C20H42NO2+. The highest BCUT2D eigenvalue weighted by molar-refractivity contribution is 5.68. The first-order chi connectivity index (χ1) is 10.5. The van der Waals surface area contributed by atoms with Gasteiger partial charge in [0.05, 0.1) is 6.42 Å². The largest absolute Gasteiger partial charge is 0.366 e. The minimum Gasteiger partial charge on any atom is -0.277 e. The zero-order valence-corrected chi connectivity index (χ0v) is 17.0. The van der Waals surface area contributed by atoms with Crippen molar-refractivity contribution < 1.29 is 14.3 Å². The molecule has 0 aliphatic heterocycles. The van der Waals surface area contributed by atoms with Gasteiger partial charge in [-0.25, -0.2) is 4.79 Å². The van der Waals surface area contributed by atoms with E-state index in [-0.39, 0.29) is 10.6 Å². The first-order valence-electron chi connectivity index (χ1n) is 9.59. The van der Waals surface area contributed by atoms with Crippen LogP contribution in [0.5, 0.6) is 0 Å². The Morgan fingerprint density at radius 1 is 0.913 bits per heavy atom. The normalized spacial score (nSPS) is 16.2. The third-order valence-corrected chi connectivity index (χ3v) is 4.87. The first-order valence-corrected chi connectivity index (χ1v) is 9.59. The van der Waals surface area contributed by atoms with E-state index in [2.05, 4.69) is 34.6 Å². The topological polar surface area (TPSA) is 26.3 Å². The second-order valence-corrected chi connectivity index (χ2v) is 8.69. The minimum absolute atomic E-state index is 0.0689. The van der Waals surface area contributed by atoms with Crippen molar-refractivity contribution in [3.05, 3.63) is 0 Å². The van der Waals surface area contributed by atoms with Crippen LogP contribution < -0.4 is 0 Å². The highest BCUT2D eigenvalue weighted by Crippen LogP contribution is 2.26. The lowest BCUT2D eigenvalue weighted by Gasteiger charge is -2.25. The Labute approximate surface area is 145 Å². The highest BCUT2D eigenvalue weighted by atomic mass is 16.7. The van der Waals surface area contributed by atoms with Gasteiger partial charge in [0, 0.05) is 0 Å². The summed E-state index contributed by atoms with van der Waals surface area (Å²) < 4.78 is 0.246. The zero-order chi connectivity index (χ0) is 18.0. The van der Waals surface area contributed by atoms with E-state index in [1.807, 2.05) is 21.1 Å². The summed E-state index contributed by atoms with van der Waals surface area (Å²) in [6.45, 7) is 11.4. The van der Waals surface area contributed by atoms with Gasteiger partial charge in [-0.15, -0.1) is 4.65 Å². The number of hydrogen-bond donors (Lipinski definition) is 0. The fourth-order valence-corrected chi connectivity index (χ4v) is 2.89. The molecule has 0 N–H and O–H groups in total. The molecule has 23 heavy (non-hydrogen) atoms. The van der Waals surface area contributed by atoms with E-state index in [9.17, 15) is 4.79 Å². The van der Waals surface area contributed by atoms with Gasteiger partial charge < -0.3 is 0 Å². The Bertz CT molecular complexity index is 320. The molecule has 0 aliphatic carbocycles. The molecule has 0 bridgehead atoms. The predicted octanol–water partition coefficient (Wildman–Crippen LogP) is 5.45. The quantitative estimate of drug-likeness (QED) is 0.352. The monoisotopic (exact) mass is 328 g/mol. The van der Waals surface area contributed by atoms with Crippen LogP contribution in [0.15, 0.2) is 0 Å². The number of rotatable bonds is 12. The Balaban J connectivity index is 4.15. The molecule has 0 aliphatic rings. The van der Waals surface area contributed by atoms with Gasteiger partial charge in [-0.05, 0) is 30.1 Å². The van der Waals surface area contributed by atoms with Crippen LogP contribution in [0.25, 0.3) is 0 Å². The minimum atomic E-state index is -0.0689. The number of nitrogens with zero attached hydrogens (tertiary/aromatic N) is 1. The molecular weight excluding hydrogens is 286 g/mol. The van der Waals surface area contributed by atoms with E-state index in [0.717, 1.165) is 18.3 Å². The molecule has 3 atom stereocenters. The zero-order valence-electron chi connectivity index (χ0n) is 17.0. The molecule has 0 heterocycles. The van der Waals surface area contributed by atoms with E-state index in [4.69, 9.17) is 4.84 Å².